The Hall–Kier alpha value is -1.23. The van der Waals surface area contributed by atoms with Crippen LogP contribution < -0.4 is 5.32 Å². The topological polar surface area (TPSA) is 41.0 Å². The molecule has 0 spiro atoms. The Balaban J connectivity index is 1.94. The number of likely N-dealkylation sites (tertiary alicyclic amines) is 1. The van der Waals surface area contributed by atoms with Crippen LogP contribution >= 0.6 is 0 Å². The maximum absolute atomic E-state index is 12.9. The van der Waals surface area contributed by atoms with E-state index < -0.39 is 5.95 Å². The summed E-state index contributed by atoms with van der Waals surface area (Å²) in [5.74, 6) is 0.0936. The molecule has 1 aromatic heterocycles. The molecule has 1 fully saturated rings. The largest absolute Gasteiger partial charge is 0.366 e. The minimum atomic E-state index is -0.486. The minimum Gasteiger partial charge on any atom is -0.366 e. The van der Waals surface area contributed by atoms with Crippen molar-refractivity contribution in [2.75, 3.05) is 25.0 Å². The van der Waals surface area contributed by atoms with Crippen LogP contribution in [0.3, 0.4) is 0 Å². The number of halogens is 1. The Labute approximate surface area is 94.9 Å². The van der Waals surface area contributed by atoms with Gasteiger partial charge in [0.2, 0.25) is 5.95 Å². The first-order valence-electron chi connectivity index (χ1n) is 5.74. The van der Waals surface area contributed by atoms with E-state index in [-0.39, 0.29) is 0 Å². The molecule has 0 bridgehead atoms. The second-order valence-corrected chi connectivity index (χ2v) is 4.10. The molecule has 5 heteroatoms. The van der Waals surface area contributed by atoms with Gasteiger partial charge in [0, 0.05) is 18.7 Å². The summed E-state index contributed by atoms with van der Waals surface area (Å²) in [7, 11) is 0. The van der Waals surface area contributed by atoms with Crippen molar-refractivity contribution in [2.24, 2.45) is 0 Å². The fourth-order valence-electron chi connectivity index (χ4n) is 2.08. The van der Waals surface area contributed by atoms with Gasteiger partial charge in [-0.25, -0.2) is 9.97 Å². The van der Waals surface area contributed by atoms with Crippen LogP contribution in [0.1, 0.15) is 19.8 Å². The third kappa shape index (κ3) is 2.88. The number of nitrogens with zero attached hydrogens (tertiary/aromatic N) is 3. The number of hydrogen-bond acceptors (Lipinski definition) is 4. The molecule has 2 heterocycles. The Morgan fingerprint density at radius 2 is 2.44 bits per heavy atom. The van der Waals surface area contributed by atoms with Gasteiger partial charge in [0.25, 0.3) is 0 Å². The van der Waals surface area contributed by atoms with E-state index in [1.165, 1.54) is 18.8 Å². The molecule has 0 aromatic carbocycles. The van der Waals surface area contributed by atoms with Crippen LogP contribution in [0.2, 0.25) is 0 Å². The lowest BCUT2D eigenvalue weighted by Gasteiger charge is -2.32. The lowest BCUT2D eigenvalue weighted by Crippen LogP contribution is -2.41. The van der Waals surface area contributed by atoms with Crippen molar-refractivity contribution in [1.29, 1.82) is 0 Å². The van der Waals surface area contributed by atoms with Crippen LogP contribution in [0.25, 0.3) is 0 Å². The fraction of sp³-hybridized carbons (Fsp3) is 0.636. The number of hydrogen-bond donors (Lipinski definition) is 1. The molecule has 1 atom stereocenters. The van der Waals surface area contributed by atoms with Crippen LogP contribution in [0.4, 0.5) is 10.2 Å². The number of aromatic nitrogens is 2. The number of likely N-dealkylation sites (N-methyl/N-ethyl adjacent to an activating group) is 1. The molecule has 0 amide bonds. The average Bonchev–Trinajstić information content (AvgIpc) is 2.29. The second kappa shape index (κ2) is 5.21. The first-order valence-corrected chi connectivity index (χ1v) is 5.74. The van der Waals surface area contributed by atoms with E-state index in [0.717, 1.165) is 26.1 Å². The first kappa shape index (κ1) is 11.3. The van der Waals surface area contributed by atoms with Crippen molar-refractivity contribution in [3.63, 3.8) is 0 Å². The third-order valence-electron chi connectivity index (χ3n) is 2.94. The minimum absolute atomic E-state index is 0.364. The molecule has 1 aromatic rings. The van der Waals surface area contributed by atoms with Gasteiger partial charge in [-0.05, 0) is 25.9 Å². The molecular formula is C11H17FN4. The number of nitrogens with one attached hydrogen (secondary N) is 1. The zero-order valence-corrected chi connectivity index (χ0v) is 9.49. The lowest BCUT2D eigenvalue weighted by atomic mass is 10.1. The Bertz CT molecular complexity index is 345. The van der Waals surface area contributed by atoms with Gasteiger partial charge in [0.15, 0.2) is 0 Å². The highest BCUT2D eigenvalue weighted by molar-refractivity contribution is 5.33. The summed E-state index contributed by atoms with van der Waals surface area (Å²) in [6.45, 7) is 5.39. The number of rotatable bonds is 3. The molecule has 1 saturated heterocycles. The summed E-state index contributed by atoms with van der Waals surface area (Å²) in [6.07, 6.45) is 3.54. The highest BCUT2D eigenvalue weighted by Crippen LogP contribution is 2.14. The molecule has 1 aliphatic heterocycles. The van der Waals surface area contributed by atoms with Crippen LogP contribution in [-0.4, -0.2) is 40.5 Å². The molecule has 2 rings (SSSR count). The summed E-state index contributed by atoms with van der Waals surface area (Å²) in [6, 6.07) is 1.70. The first-order chi connectivity index (χ1) is 7.78. The van der Waals surface area contributed by atoms with E-state index in [4.69, 9.17) is 0 Å². The lowest BCUT2D eigenvalue weighted by molar-refractivity contribution is 0.226. The Morgan fingerprint density at radius 3 is 3.19 bits per heavy atom. The van der Waals surface area contributed by atoms with Gasteiger partial charge in [0.1, 0.15) is 12.1 Å². The standard InChI is InChI=1S/C11H17FN4/c1-2-16-5-3-4-9(7-16)15-11-6-10(12)13-8-14-11/h6,8-9H,2-5,7H2,1H3,(H,13,14,15). The van der Waals surface area contributed by atoms with Gasteiger partial charge in [-0.15, -0.1) is 0 Å². The summed E-state index contributed by atoms with van der Waals surface area (Å²) in [5.41, 5.74) is 0. The quantitative estimate of drug-likeness (QED) is 0.790. The third-order valence-corrected chi connectivity index (χ3v) is 2.94. The Morgan fingerprint density at radius 1 is 1.56 bits per heavy atom. The van der Waals surface area contributed by atoms with Crippen molar-refractivity contribution in [2.45, 2.75) is 25.8 Å². The summed E-state index contributed by atoms with van der Waals surface area (Å²) < 4.78 is 12.9. The fourth-order valence-corrected chi connectivity index (χ4v) is 2.08. The molecule has 16 heavy (non-hydrogen) atoms. The van der Waals surface area contributed by atoms with Crippen molar-refractivity contribution < 1.29 is 4.39 Å². The highest BCUT2D eigenvalue weighted by atomic mass is 19.1. The van der Waals surface area contributed by atoms with Crippen molar-refractivity contribution in [3.8, 4) is 0 Å². The van der Waals surface area contributed by atoms with E-state index in [9.17, 15) is 4.39 Å². The van der Waals surface area contributed by atoms with Crippen molar-refractivity contribution in [1.82, 2.24) is 14.9 Å². The van der Waals surface area contributed by atoms with E-state index in [1.54, 1.807) is 0 Å². The van der Waals surface area contributed by atoms with Crippen molar-refractivity contribution >= 4 is 5.82 Å². The second-order valence-electron chi connectivity index (χ2n) is 4.10. The van der Waals surface area contributed by atoms with E-state index in [2.05, 4.69) is 27.1 Å². The zero-order chi connectivity index (χ0) is 11.4. The highest BCUT2D eigenvalue weighted by Gasteiger charge is 2.18. The van der Waals surface area contributed by atoms with E-state index >= 15 is 0 Å². The molecule has 1 aliphatic rings. The number of anilines is 1. The average molecular weight is 224 g/mol. The van der Waals surface area contributed by atoms with Crippen LogP contribution in [-0.2, 0) is 0 Å². The van der Waals surface area contributed by atoms with Crippen molar-refractivity contribution in [3.05, 3.63) is 18.3 Å². The summed E-state index contributed by atoms with van der Waals surface area (Å²) >= 11 is 0. The molecular weight excluding hydrogens is 207 g/mol. The van der Waals surface area contributed by atoms with Crippen LogP contribution in [0.5, 0.6) is 0 Å². The maximum atomic E-state index is 12.9. The van der Waals surface area contributed by atoms with Crippen LogP contribution in [0.15, 0.2) is 12.4 Å². The molecule has 0 aliphatic carbocycles. The SMILES string of the molecule is CCN1CCCC(Nc2cc(F)ncn2)C1. The molecule has 1 unspecified atom stereocenters. The van der Waals surface area contributed by atoms with Gasteiger partial charge in [-0.3, -0.25) is 0 Å². The Kier molecular flexibility index (Phi) is 3.66. The van der Waals surface area contributed by atoms with Crippen LogP contribution in [0, 0.1) is 5.95 Å². The van der Waals surface area contributed by atoms with E-state index in [1.807, 2.05) is 0 Å². The van der Waals surface area contributed by atoms with Gasteiger partial charge < -0.3 is 10.2 Å². The predicted octanol–water partition coefficient (Wildman–Crippen LogP) is 1.51. The smallest absolute Gasteiger partial charge is 0.217 e. The molecule has 4 nitrogen and oxygen atoms in total. The normalized spacial score (nSPS) is 22.0. The summed E-state index contributed by atoms with van der Waals surface area (Å²) in [5, 5.41) is 3.25. The van der Waals surface area contributed by atoms with Gasteiger partial charge in [-0.2, -0.15) is 4.39 Å². The summed E-state index contributed by atoms with van der Waals surface area (Å²) in [4.78, 5) is 9.83. The number of piperidine rings is 1. The molecule has 1 N–H and O–H groups in total. The zero-order valence-electron chi connectivity index (χ0n) is 9.49. The predicted molar refractivity (Wildman–Crippen MR) is 60.7 cm³/mol. The molecule has 0 saturated carbocycles. The van der Waals surface area contributed by atoms with Gasteiger partial charge >= 0.3 is 0 Å². The van der Waals surface area contributed by atoms with Gasteiger partial charge in [-0.1, -0.05) is 6.92 Å². The monoisotopic (exact) mass is 224 g/mol. The van der Waals surface area contributed by atoms with E-state index in [0.29, 0.717) is 11.9 Å². The molecule has 0 radical (unpaired) electrons. The maximum Gasteiger partial charge on any atom is 0.217 e. The molecule has 88 valence electrons. The van der Waals surface area contributed by atoms with Gasteiger partial charge in [0.05, 0.1) is 0 Å².